The number of benzene rings is 1. The first-order valence-corrected chi connectivity index (χ1v) is 12.6. The first kappa shape index (κ1) is 30.4. The van der Waals surface area contributed by atoms with E-state index in [4.69, 9.17) is 4.74 Å². The number of carbonyl (C=O) groups excluding carboxylic acids is 3. The number of nitrogens with zero attached hydrogens (tertiary/aromatic N) is 1. The van der Waals surface area contributed by atoms with Crippen LogP contribution in [0.15, 0.2) is 18.2 Å². The van der Waals surface area contributed by atoms with Crippen LogP contribution < -0.4 is 10.6 Å². The predicted octanol–water partition coefficient (Wildman–Crippen LogP) is 4.02. The molecule has 8 heteroatoms. The Morgan fingerprint density at radius 1 is 1.09 bits per heavy atom. The molecule has 0 radical (unpaired) electrons. The molecule has 1 rings (SSSR count). The Balaban J connectivity index is 3.43. The molecule has 0 heterocycles. The lowest BCUT2D eigenvalue weighted by Gasteiger charge is -2.36. The van der Waals surface area contributed by atoms with Crippen molar-refractivity contribution in [3.63, 3.8) is 0 Å². The van der Waals surface area contributed by atoms with Crippen molar-refractivity contribution in [1.82, 2.24) is 15.5 Å². The molecule has 0 spiro atoms. The number of aliphatic hydroxyl groups is 1. The normalized spacial score (nSPS) is 13.2. The van der Waals surface area contributed by atoms with Gasteiger partial charge in [-0.05, 0) is 63.6 Å². The van der Waals surface area contributed by atoms with Gasteiger partial charge in [0.25, 0.3) is 0 Å². The summed E-state index contributed by atoms with van der Waals surface area (Å²) in [5, 5.41) is 15.5. The van der Waals surface area contributed by atoms with Gasteiger partial charge in [-0.1, -0.05) is 51.8 Å². The minimum Gasteiger partial charge on any atom is -0.444 e. The summed E-state index contributed by atoms with van der Waals surface area (Å²) in [5.41, 5.74) is 1.74. The third kappa shape index (κ3) is 9.51. The summed E-state index contributed by atoms with van der Waals surface area (Å²) in [6, 6.07) is 3.83. The zero-order valence-corrected chi connectivity index (χ0v) is 22.7. The average molecular weight is 492 g/mol. The van der Waals surface area contributed by atoms with Crippen molar-refractivity contribution in [2.75, 3.05) is 19.7 Å². The van der Waals surface area contributed by atoms with E-state index in [2.05, 4.69) is 17.6 Å². The van der Waals surface area contributed by atoms with E-state index in [0.29, 0.717) is 6.54 Å². The maximum Gasteiger partial charge on any atom is 0.408 e. The number of unbranched alkanes of at least 4 members (excludes halogenated alkanes) is 2. The van der Waals surface area contributed by atoms with Crippen LogP contribution in [0.25, 0.3) is 0 Å². The summed E-state index contributed by atoms with van der Waals surface area (Å²) < 4.78 is 5.37. The van der Waals surface area contributed by atoms with Gasteiger partial charge in [-0.15, -0.1) is 0 Å². The molecule has 3 N–H and O–H groups in total. The van der Waals surface area contributed by atoms with Crippen LogP contribution in [-0.2, 0) is 14.3 Å². The van der Waals surface area contributed by atoms with E-state index in [9.17, 15) is 19.5 Å². The van der Waals surface area contributed by atoms with Crippen molar-refractivity contribution in [3.8, 4) is 0 Å². The molecule has 35 heavy (non-hydrogen) atoms. The molecule has 1 aromatic carbocycles. The largest absolute Gasteiger partial charge is 0.444 e. The van der Waals surface area contributed by atoms with Crippen molar-refractivity contribution in [2.24, 2.45) is 5.92 Å². The smallest absolute Gasteiger partial charge is 0.408 e. The number of hydrogen-bond donors (Lipinski definition) is 3. The number of rotatable bonds is 12. The molecule has 0 saturated heterocycles. The zero-order chi connectivity index (χ0) is 26.8. The van der Waals surface area contributed by atoms with Gasteiger partial charge >= 0.3 is 6.09 Å². The number of amides is 3. The van der Waals surface area contributed by atoms with Gasteiger partial charge in [-0.2, -0.15) is 0 Å². The average Bonchev–Trinajstić information content (AvgIpc) is 2.74. The van der Waals surface area contributed by atoms with E-state index >= 15 is 0 Å². The molecule has 0 saturated carbocycles. The van der Waals surface area contributed by atoms with Gasteiger partial charge in [-0.3, -0.25) is 9.59 Å². The Bertz CT molecular complexity index is 827. The Hall–Kier alpha value is -2.61. The summed E-state index contributed by atoms with van der Waals surface area (Å²) in [7, 11) is 0. The number of ether oxygens (including phenoxy) is 1. The lowest BCUT2D eigenvalue weighted by molar-refractivity contribution is -0.144. The standard InChI is InChI=1S/C27H45N3O5/c1-9-10-11-15-28-24(32)23(21-19(4)13-12-14-20(21)5)30(16-17-31)25(33)22(18(2)3)29-26(34)35-27(6,7)8/h12-14,18,22-23,31H,9-11,15-17H2,1-8H3,(H,28,32)(H,29,34). The van der Waals surface area contributed by atoms with Crippen molar-refractivity contribution >= 4 is 17.9 Å². The third-order valence-electron chi connectivity index (χ3n) is 5.68. The maximum atomic E-state index is 13.9. The predicted molar refractivity (Wildman–Crippen MR) is 138 cm³/mol. The molecule has 0 aliphatic heterocycles. The highest BCUT2D eigenvalue weighted by Crippen LogP contribution is 2.29. The Morgan fingerprint density at radius 2 is 1.69 bits per heavy atom. The van der Waals surface area contributed by atoms with Crippen LogP contribution in [0, 0.1) is 19.8 Å². The van der Waals surface area contributed by atoms with Crippen LogP contribution in [0.2, 0.25) is 0 Å². The quantitative estimate of drug-likeness (QED) is 0.383. The molecule has 1 aromatic rings. The molecule has 0 aromatic heterocycles. The second-order valence-electron chi connectivity index (χ2n) is 10.3. The number of carbonyl (C=O) groups is 3. The lowest BCUT2D eigenvalue weighted by Crippen LogP contribution is -2.55. The molecule has 2 unspecified atom stereocenters. The van der Waals surface area contributed by atoms with Crippen molar-refractivity contribution < 1.29 is 24.2 Å². The minimum atomic E-state index is -0.945. The molecule has 0 fully saturated rings. The van der Waals surface area contributed by atoms with Gasteiger partial charge in [0.15, 0.2) is 0 Å². The molecule has 3 amide bonds. The Kier molecular flexibility index (Phi) is 12.2. The van der Waals surface area contributed by atoms with Gasteiger partial charge < -0.3 is 25.4 Å². The number of aryl methyl sites for hydroxylation is 2. The molecule has 198 valence electrons. The second-order valence-corrected chi connectivity index (χ2v) is 10.3. The van der Waals surface area contributed by atoms with E-state index in [-0.39, 0.29) is 25.0 Å². The summed E-state index contributed by atoms with van der Waals surface area (Å²) in [5.74, 6) is -1.03. The number of alkyl carbamates (subject to hydrolysis) is 1. The van der Waals surface area contributed by atoms with Gasteiger partial charge in [0.05, 0.1) is 6.61 Å². The summed E-state index contributed by atoms with van der Waals surface area (Å²) >= 11 is 0. The molecule has 0 aliphatic carbocycles. The highest BCUT2D eigenvalue weighted by molar-refractivity contribution is 5.92. The Morgan fingerprint density at radius 3 is 2.17 bits per heavy atom. The second kappa shape index (κ2) is 14.1. The van der Waals surface area contributed by atoms with Crippen molar-refractivity contribution in [3.05, 3.63) is 34.9 Å². The first-order chi connectivity index (χ1) is 16.3. The summed E-state index contributed by atoms with van der Waals surface area (Å²) in [6.45, 7) is 14.9. The van der Waals surface area contributed by atoms with E-state index < -0.39 is 29.7 Å². The van der Waals surface area contributed by atoms with Crippen LogP contribution in [0.4, 0.5) is 4.79 Å². The van der Waals surface area contributed by atoms with Gasteiger partial charge in [0.1, 0.15) is 17.7 Å². The third-order valence-corrected chi connectivity index (χ3v) is 5.68. The summed E-state index contributed by atoms with van der Waals surface area (Å²) in [4.78, 5) is 41.3. The molecule has 0 bridgehead atoms. The molecule has 8 nitrogen and oxygen atoms in total. The van der Waals surface area contributed by atoms with E-state index in [1.165, 1.54) is 4.90 Å². The molecular weight excluding hydrogens is 446 g/mol. The van der Waals surface area contributed by atoms with Crippen LogP contribution in [0.1, 0.15) is 83.5 Å². The highest BCUT2D eigenvalue weighted by atomic mass is 16.6. The fourth-order valence-corrected chi connectivity index (χ4v) is 3.97. The molecule has 2 atom stereocenters. The minimum absolute atomic E-state index is 0.0567. The number of aliphatic hydroxyl groups excluding tert-OH is 1. The van der Waals surface area contributed by atoms with Gasteiger partial charge in [-0.25, -0.2) is 4.79 Å². The molecule has 0 aliphatic rings. The van der Waals surface area contributed by atoms with Crippen LogP contribution in [0.5, 0.6) is 0 Å². The highest BCUT2D eigenvalue weighted by Gasteiger charge is 2.38. The van der Waals surface area contributed by atoms with E-state index in [1.807, 2.05) is 45.9 Å². The Labute approximate surface area is 210 Å². The van der Waals surface area contributed by atoms with Crippen LogP contribution >= 0.6 is 0 Å². The fraction of sp³-hybridized carbons (Fsp3) is 0.667. The first-order valence-electron chi connectivity index (χ1n) is 12.6. The number of nitrogens with one attached hydrogen (secondary N) is 2. The topological polar surface area (TPSA) is 108 Å². The summed E-state index contributed by atoms with van der Waals surface area (Å²) in [6.07, 6.45) is 2.14. The maximum absolute atomic E-state index is 13.9. The lowest BCUT2D eigenvalue weighted by atomic mass is 9.92. The van der Waals surface area contributed by atoms with Crippen LogP contribution in [-0.4, -0.2) is 59.3 Å². The van der Waals surface area contributed by atoms with Gasteiger partial charge in [0, 0.05) is 13.1 Å². The van der Waals surface area contributed by atoms with E-state index in [0.717, 1.165) is 36.0 Å². The monoisotopic (exact) mass is 491 g/mol. The fourth-order valence-electron chi connectivity index (χ4n) is 3.97. The van der Waals surface area contributed by atoms with E-state index in [1.54, 1.807) is 20.8 Å². The van der Waals surface area contributed by atoms with Crippen molar-refractivity contribution in [1.29, 1.82) is 0 Å². The van der Waals surface area contributed by atoms with Crippen molar-refractivity contribution in [2.45, 2.75) is 92.3 Å². The molecular formula is C27H45N3O5. The van der Waals surface area contributed by atoms with Crippen LogP contribution in [0.3, 0.4) is 0 Å². The van der Waals surface area contributed by atoms with Gasteiger partial charge in [0.2, 0.25) is 11.8 Å². The zero-order valence-electron chi connectivity index (χ0n) is 22.7. The number of hydrogen-bond acceptors (Lipinski definition) is 5. The SMILES string of the molecule is CCCCCNC(=O)C(c1c(C)cccc1C)N(CCO)C(=O)C(NC(=O)OC(C)(C)C)C(C)C.